The van der Waals surface area contributed by atoms with E-state index < -0.39 is 5.60 Å². The van der Waals surface area contributed by atoms with E-state index in [1.807, 2.05) is 12.1 Å². The normalized spacial score (nSPS) is 13.7. The lowest BCUT2D eigenvalue weighted by Gasteiger charge is -2.43. The van der Waals surface area contributed by atoms with Crippen LogP contribution in [0.3, 0.4) is 0 Å². The molecule has 0 saturated heterocycles. The van der Waals surface area contributed by atoms with Crippen molar-refractivity contribution in [3.63, 3.8) is 0 Å². The minimum Gasteiger partial charge on any atom is -0.389 e. The van der Waals surface area contributed by atoms with E-state index in [2.05, 4.69) is 34.6 Å². The van der Waals surface area contributed by atoms with Crippen LogP contribution in [0, 0.1) is 17.7 Å². The molecule has 0 fully saturated rings. The highest BCUT2D eigenvalue weighted by Crippen LogP contribution is 2.43. The van der Waals surface area contributed by atoms with Gasteiger partial charge in [0.05, 0.1) is 5.60 Å². The fourth-order valence-corrected chi connectivity index (χ4v) is 3.96. The van der Waals surface area contributed by atoms with Crippen molar-refractivity contribution in [2.75, 3.05) is 0 Å². The summed E-state index contributed by atoms with van der Waals surface area (Å²) in [4.78, 5) is 0. The summed E-state index contributed by atoms with van der Waals surface area (Å²) in [6.45, 7) is 10.6. The number of aliphatic hydroxyl groups is 1. The maximum absolute atomic E-state index is 13.3. The summed E-state index contributed by atoms with van der Waals surface area (Å²) in [5, 5.41) is 11.5. The van der Waals surface area contributed by atoms with E-state index in [1.165, 1.54) is 44.2 Å². The van der Waals surface area contributed by atoms with Gasteiger partial charge in [0.15, 0.2) is 0 Å². The number of halogens is 1. The highest BCUT2D eigenvalue weighted by atomic mass is 19.1. The molecule has 1 unspecified atom stereocenters. The monoisotopic (exact) mass is 336 g/mol. The van der Waals surface area contributed by atoms with Gasteiger partial charge in [-0.3, -0.25) is 0 Å². The molecule has 0 aliphatic rings. The molecule has 1 N–H and O–H groups in total. The highest BCUT2D eigenvalue weighted by Gasteiger charge is 2.42. The van der Waals surface area contributed by atoms with Gasteiger partial charge in [-0.25, -0.2) is 4.39 Å². The molecule has 1 aromatic rings. The van der Waals surface area contributed by atoms with E-state index in [4.69, 9.17) is 0 Å². The summed E-state index contributed by atoms with van der Waals surface area (Å²) in [7, 11) is 0. The first-order chi connectivity index (χ1) is 11.3. The third-order valence-corrected chi connectivity index (χ3v) is 5.53. The molecule has 1 nitrogen and oxygen atoms in total. The molecule has 0 heterocycles. The molecule has 0 amide bonds. The van der Waals surface area contributed by atoms with Crippen molar-refractivity contribution in [3.8, 4) is 0 Å². The summed E-state index contributed by atoms with van der Waals surface area (Å²) in [5.41, 5.74) is 0.302. The van der Waals surface area contributed by atoms with Crippen molar-refractivity contribution in [3.05, 3.63) is 35.6 Å². The molecule has 0 radical (unpaired) electrons. The van der Waals surface area contributed by atoms with Crippen LogP contribution in [0.1, 0.15) is 91.0 Å². The fourth-order valence-electron chi connectivity index (χ4n) is 3.96. The van der Waals surface area contributed by atoms with E-state index in [9.17, 15) is 9.50 Å². The van der Waals surface area contributed by atoms with E-state index in [0.717, 1.165) is 18.4 Å². The second-order valence-electron chi connectivity index (χ2n) is 7.86. The van der Waals surface area contributed by atoms with E-state index in [-0.39, 0.29) is 23.6 Å². The maximum Gasteiger partial charge on any atom is 0.123 e. The standard InChI is InChI=1S/C22H37FO/c1-6-7-8-9-10-11-12-21(19-13-15-20(23)16-14-19)22(24,17(2)3)18(4)5/h13-18,21,24H,6-12H2,1-5H3. The quantitative estimate of drug-likeness (QED) is 0.446. The average Bonchev–Trinajstić information content (AvgIpc) is 2.54. The molecular weight excluding hydrogens is 299 g/mol. The highest BCUT2D eigenvalue weighted by molar-refractivity contribution is 5.24. The van der Waals surface area contributed by atoms with Gasteiger partial charge >= 0.3 is 0 Å². The van der Waals surface area contributed by atoms with Crippen LogP contribution in [0.2, 0.25) is 0 Å². The van der Waals surface area contributed by atoms with Gasteiger partial charge in [0.1, 0.15) is 5.82 Å². The first-order valence-corrected chi connectivity index (χ1v) is 9.81. The fraction of sp³-hybridized carbons (Fsp3) is 0.727. The molecule has 138 valence electrons. The number of benzene rings is 1. The Balaban J connectivity index is 2.89. The van der Waals surface area contributed by atoms with E-state index >= 15 is 0 Å². The summed E-state index contributed by atoms with van der Waals surface area (Å²) >= 11 is 0. The summed E-state index contributed by atoms with van der Waals surface area (Å²) in [6.07, 6.45) is 8.44. The summed E-state index contributed by atoms with van der Waals surface area (Å²) in [5.74, 6) is 0.166. The van der Waals surface area contributed by atoms with Gasteiger partial charge < -0.3 is 5.11 Å². The van der Waals surface area contributed by atoms with Crippen LogP contribution in [0.25, 0.3) is 0 Å². The number of hydrogen-bond donors (Lipinski definition) is 1. The average molecular weight is 337 g/mol. The van der Waals surface area contributed by atoms with Crippen LogP contribution in [-0.2, 0) is 0 Å². The third-order valence-electron chi connectivity index (χ3n) is 5.53. The Bertz CT molecular complexity index is 442. The molecule has 2 heteroatoms. The Morgan fingerprint density at radius 2 is 1.38 bits per heavy atom. The first-order valence-electron chi connectivity index (χ1n) is 9.81. The second-order valence-corrected chi connectivity index (χ2v) is 7.86. The lowest BCUT2D eigenvalue weighted by Crippen LogP contribution is -2.46. The smallest absolute Gasteiger partial charge is 0.123 e. The SMILES string of the molecule is CCCCCCCCC(c1ccc(F)cc1)C(O)(C(C)C)C(C)C. The molecule has 1 aromatic carbocycles. The Morgan fingerprint density at radius 3 is 1.88 bits per heavy atom. The van der Waals surface area contributed by atoms with Crippen molar-refractivity contribution in [1.29, 1.82) is 0 Å². The molecule has 0 bridgehead atoms. The van der Waals surface area contributed by atoms with Gasteiger partial charge in [-0.15, -0.1) is 0 Å². The van der Waals surface area contributed by atoms with Crippen molar-refractivity contribution < 1.29 is 9.50 Å². The van der Waals surface area contributed by atoms with Crippen LogP contribution >= 0.6 is 0 Å². The van der Waals surface area contributed by atoms with Crippen LogP contribution in [0.4, 0.5) is 4.39 Å². The molecular formula is C22H37FO. The minimum atomic E-state index is -0.763. The van der Waals surface area contributed by atoms with Crippen LogP contribution in [-0.4, -0.2) is 10.7 Å². The molecule has 1 atom stereocenters. The lowest BCUT2D eigenvalue weighted by atomic mass is 9.67. The second kappa shape index (κ2) is 10.2. The van der Waals surface area contributed by atoms with Crippen molar-refractivity contribution >= 4 is 0 Å². The zero-order valence-corrected chi connectivity index (χ0v) is 16.3. The van der Waals surface area contributed by atoms with E-state index in [0.29, 0.717) is 0 Å². The third kappa shape index (κ3) is 5.58. The Hall–Kier alpha value is -0.890. The largest absolute Gasteiger partial charge is 0.389 e. The zero-order valence-electron chi connectivity index (χ0n) is 16.3. The molecule has 1 rings (SSSR count). The van der Waals surface area contributed by atoms with Gasteiger partial charge in [0, 0.05) is 5.92 Å². The Morgan fingerprint density at radius 1 is 0.875 bits per heavy atom. The van der Waals surface area contributed by atoms with Gasteiger partial charge in [0.25, 0.3) is 0 Å². The van der Waals surface area contributed by atoms with Crippen LogP contribution in [0.15, 0.2) is 24.3 Å². The topological polar surface area (TPSA) is 20.2 Å². The van der Waals surface area contributed by atoms with Crippen molar-refractivity contribution in [2.24, 2.45) is 11.8 Å². The van der Waals surface area contributed by atoms with Gasteiger partial charge in [-0.1, -0.05) is 85.3 Å². The Kier molecular flexibility index (Phi) is 8.97. The first kappa shape index (κ1) is 21.2. The maximum atomic E-state index is 13.3. The summed E-state index contributed by atoms with van der Waals surface area (Å²) in [6, 6.07) is 6.74. The zero-order chi connectivity index (χ0) is 18.2. The van der Waals surface area contributed by atoms with Crippen LogP contribution < -0.4 is 0 Å². The van der Waals surface area contributed by atoms with Crippen molar-refractivity contribution in [2.45, 2.75) is 91.1 Å². The van der Waals surface area contributed by atoms with E-state index in [1.54, 1.807) is 0 Å². The molecule has 0 spiro atoms. The lowest BCUT2D eigenvalue weighted by molar-refractivity contribution is -0.0730. The van der Waals surface area contributed by atoms with Crippen LogP contribution in [0.5, 0.6) is 0 Å². The summed E-state index contributed by atoms with van der Waals surface area (Å²) < 4.78 is 13.3. The molecule has 0 aliphatic heterocycles. The van der Waals surface area contributed by atoms with Crippen molar-refractivity contribution in [1.82, 2.24) is 0 Å². The van der Waals surface area contributed by atoms with Gasteiger partial charge in [-0.2, -0.15) is 0 Å². The number of rotatable bonds is 11. The molecule has 0 saturated carbocycles. The minimum absolute atomic E-state index is 0.0595. The number of hydrogen-bond acceptors (Lipinski definition) is 1. The predicted octanol–water partition coefficient (Wildman–Crippen LogP) is 6.70. The predicted molar refractivity (Wildman–Crippen MR) is 102 cm³/mol. The van der Waals surface area contributed by atoms with Gasteiger partial charge in [-0.05, 0) is 36.0 Å². The Labute approximate surface area is 148 Å². The number of unbranched alkanes of at least 4 members (excludes halogenated alkanes) is 5. The van der Waals surface area contributed by atoms with Gasteiger partial charge in [0.2, 0.25) is 0 Å². The molecule has 0 aromatic heterocycles. The molecule has 24 heavy (non-hydrogen) atoms. The molecule has 0 aliphatic carbocycles.